The van der Waals surface area contributed by atoms with Crippen molar-refractivity contribution in [1.29, 1.82) is 0 Å². The lowest BCUT2D eigenvalue weighted by molar-refractivity contribution is 0.0573. The monoisotopic (exact) mass is 254 g/mol. The van der Waals surface area contributed by atoms with Gasteiger partial charge in [0.25, 0.3) is 0 Å². The standard InChI is InChI=1S/C14H26N2O2/c1-11(2)10-18-14(17)16-9-4-3-7-13(16)12-6-5-8-15-12/h11-13,15H,3-10H2,1-2H3. The molecule has 0 aromatic carbocycles. The summed E-state index contributed by atoms with van der Waals surface area (Å²) in [6.45, 7) is 6.62. The number of hydrogen-bond acceptors (Lipinski definition) is 3. The normalized spacial score (nSPS) is 28.7. The van der Waals surface area contributed by atoms with Crippen LogP contribution in [0.2, 0.25) is 0 Å². The summed E-state index contributed by atoms with van der Waals surface area (Å²) in [4.78, 5) is 14.1. The maximum Gasteiger partial charge on any atom is 0.410 e. The minimum Gasteiger partial charge on any atom is -0.449 e. The van der Waals surface area contributed by atoms with Crippen molar-refractivity contribution in [3.05, 3.63) is 0 Å². The zero-order valence-corrected chi connectivity index (χ0v) is 11.7. The number of likely N-dealkylation sites (tertiary alicyclic amines) is 1. The number of carbonyl (C=O) groups is 1. The summed E-state index contributed by atoms with van der Waals surface area (Å²) in [5.41, 5.74) is 0. The molecule has 0 aromatic rings. The van der Waals surface area contributed by atoms with E-state index in [4.69, 9.17) is 4.74 Å². The van der Waals surface area contributed by atoms with E-state index >= 15 is 0 Å². The molecular formula is C14H26N2O2. The number of hydrogen-bond donors (Lipinski definition) is 1. The summed E-state index contributed by atoms with van der Waals surface area (Å²) < 4.78 is 5.39. The Labute approximate surface area is 110 Å². The molecule has 2 unspecified atom stereocenters. The topological polar surface area (TPSA) is 41.6 Å². The molecule has 1 amide bonds. The fraction of sp³-hybridized carbons (Fsp3) is 0.929. The lowest BCUT2D eigenvalue weighted by atomic mass is 9.95. The van der Waals surface area contributed by atoms with Crippen LogP contribution in [0.1, 0.15) is 46.0 Å². The average Bonchev–Trinajstić information content (AvgIpc) is 2.89. The van der Waals surface area contributed by atoms with Crippen molar-refractivity contribution in [2.75, 3.05) is 19.7 Å². The van der Waals surface area contributed by atoms with E-state index in [2.05, 4.69) is 19.2 Å². The lowest BCUT2D eigenvalue weighted by Crippen LogP contribution is -2.52. The van der Waals surface area contributed by atoms with E-state index in [9.17, 15) is 4.79 Å². The molecule has 0 aromatic heterocycles. The number of nitrogens with zero attached hydrogens (tertiary/aromatic N) is 1. The predicted molar refractivity (Wildman–Crippen MR) is 71.6 cm³/mol. The van der Waals surface area contributed by atoms with Gasteiger partial charge in [-0.25, -0.2) is 4.79 Å². The number of ether oxygens (including phenoxy) is 1. The van der Waals surface area contributed by atoms with Crippen LogP contribution in [0.3, 0.4) is 0 Å². The minimum atomic E-state index is -0.109. The molecule has 4 heteroatoms. The van der Waals surface area contributed by atoms with Crippen molar-refractivity contribution in [2.24, 2.45) is 5.92 Å². The first-order valence-corrected chi connectivity index (χ1v) is 7.35. The molecule has 0 radical (unpaired) electrons. The molecule has 0 saturated carbocycles. The van der Waals surface area contributed by atoms with E-state index in [0.29, 0.717) is 24.6 Å². The van der Waals surface area contributed by atoms with Crippen LogP contribution in [0.5, 0.6) is 0 Å². The SMILES string of the molecule is CC(C)COC(=O)N1CCCCC1C1CCCN1. The van der Waals surface area contributed by atoms with E-state index in [1.54, 1.807) is 0 Å². The summed E-state index contributed by atoms with van der Waals surface area (Å²) in [5.74, 6) is 0.404. The van der Waals surface area contributed by atoms with Crippen molar-refractivity contribution in [3.8, 4) is 0 Å². The fourth-order valence-electron chi connectivity index (χ4n) is 2.96. The highest BCUT2D eigenvalue weighted by Crippen LogP contribution is 2.24. The highest BCUT2D eigenvalue weighted by molar-refractivity contribution is 5.68. The van der Waals surface area contributed by atoms with Crippen LogP contribution < -0.4 is 5.32 Å². The van der Waals surface area contributed by atoms with Crippen molar-refractivity contribution in [3.63, 3.8) is 0 Å². The molecule has 104 valence electrons. The van der Waals surface area contributed by atoms with Gasteiger partial charge in [-0.05, 0) is 44.6 Å². The highest BCUT2D eigenvalue weighted by Gasteiger charge is 2.34. The van der Waals surface area contributed by atoms with Gasteiger partial charge >= 0.3 is 6.09 Å². The Bertz CT molecular complexity index is 275. The highest BCUT2D eigenvalue weighted by atomic mass is 16.6. The fourth-order valence-corrected chi connectivity index (χ4v) is 2.96. The van der Waals surface area contributed by atoms with Gasteiger partial charge in [-0.2, -0.15) is 0 Å². The maximum absolute atomic E-state index is 12.1. The number of amides is 1. The first-order valence-electron chi connectivity index (χ1n) is 7.35. The molecule has 0 spiro atoms. The summed E-state index contributed by atoms with van der Waals surface area (Å²) >= 11 is 0. The van der Waals surface area contributed by atoms with Gasteiger partial charge in [-0.3, -0.25) is 0 Å². The van der Waals surface area contributed by atoms with Gasteiger partial charge in [0.1, 0.15) is 0 Å². The van der Waals surface area contributed by atoms with Gasteiger partial charge in [0.05, 0.1) is 12.6 Å². The van der Waals surface area contributed by atoms with E-state index in [-0.39, 0.29) is 6.09 Å². The summed E-state index contributed by atoms with van der Waals surface area (Å²) in [6.07, 6.45) is 5.78. The van der Waals surface area contributed by atoms with Gasteiger partial charge in [-0.1, -0.05) is 13.8 Å². The Hall–Kier alpha value is -0.770. The third-order valence-corrected chi connectivity index (χ3v) is 3.89. The molecule has 2 aliphatic rings. The quantitative estimate of drug-likeness (QED) is 0.841. The van der Waals surface area contributed by atoms with Crippen LogP contribution in [-0.2, 0) is 4.74 Å². The van der Waals surface area contributed by atoms with Gasteiger partial charge in [-0.15, -0.1) is 0 Å². The van der Waals surface area contributed by atoms with Gasteiger partial charge < -0.3 is 15.0 Å². The molecular weight excluding hydrogens is 228 g/mol. The number of carbonyl (C=O) groups excluding carboxylic acids is 1. The Morgan fingerprint density at radius 2 is 2.17 bits per heavy atom. The van der Waals surface area contributed by atoms with Crippen LogP contribution in [-0.4, -0.2) is 42.8 Å². The molecule has 2 aliphatic heterocycles. The second kappa shape index (κ2) is 6.41. The zero-order chi connectivity index (χ0) is 13.0. The third-order valence-electron chi connectivity index (χ3n) is 3.89. The van der Waals surface area contributed by atoms with Crippen LogP contribution in [0, 0.1) is 5.92 Å². The van der Waals surface area contributed by atoms with Crippen LogP contribution in [0.4, 0.5) is 4.79 Å². The van der Waals surface area contributed by atoms with E-state index in [0.717, 1.165) is 25.9 Å². The Morgan fingerprint density at radius 1 is 1.33 bits per heavy atom. The molecule has 1 N–H and O–H groups in total. The van der Waals surface area contributed by atoms with Crippen LogP contribution >= 0.6 is 0 Å². The summed E-state index contributed by atoms with van der Waals surface area (Å²) in [5, 5.41) is 3.53. The van der Waals surface area contributed by atoms with E-state index < -0.39 is 0 Å². The first-order chi connectivity index (χ1) is 8.68. The minimum absolute atomic E-state index is 0.109. The first kappa shape index (κ1) is 13.7. The molecule has 18 heavy (non-hydrogen) atoms. The van der Waals surface area contributed by atoms with Gasteiger partial charge in [0.2, 0.25) is 0 Å². The second-order valence-electron chi connectivity index (χ2n) is 5.93. The smallest absolute Gasteiger partial charge is 0.410 e. The van der Waals surface area contributed by atoms with Crippen LogP contribution in [0.25, 0.3) is 0 Å². The molecule has 2 fully saturated rings. The molecule has 2 rings (SSSR count). The van der Waals surface area contributed by atoms with Crippen molar-refractivity contribution in [1.82, 2.24) is 10.2 Å². The maximum atomic E-state index is 12.1. The van der Waals surface area contributed by atoms with Crippen molar-refractivity contribution < 1.29 is 9.53 Å². The average molecular weight is 254 g/mol. The molecule has 2 atom stereocenters. The molecule has 0 aliphatic carbocycles. The van der Waals surface area contributed by atoms with Crippen molar-refractivity contribution in [2.45, 2.75) is 58.0 Å². The molecule has 2 saturated heterocycles. The zero-order valence-electron chi connectivity index (χ0n) is 11.7. The van der Waals surface area contributed by atoms with Gasteiger partial charge in [0, 0.05) is 12.6 Å². The predicted octanol–water partition coefficient (Wildman–Crippen LogP) is 2.39. The second-order valence-corrected chi connectivity index (χ2v) is 5.93. The summed E-state index contributed by atoms with van der Waals surface area (Å²) in [7, 11) is 0. The number of nitrogens with one attached hydrogen (secondary N) is 1. The van der Waals surface area contributed by atoms with Crippen molar-refractivity contribution >= 4 is 6.09 Å². The van der Waals surface area contributed by atoms with E-state index in [1.165, 1.54) is 19.3 Å². The van der Waals surface area contributed by atoms with Crippen LogP contribution in [0.15, 0.2) is 0 Å². The Balaban J connectivity index is 1.91. The van der Waals surface area contributed by atoms with Gasteiger partial charge in [0.15, 0.2) is 0 Å². The molecule has 4 nitrogen and oxygen atoms in total. The summed E-state index contributed by atoms with van der Waals surface area (Å²) in [6, 6.07) is 0.831. The largest absolute Gasteiger partial charge is 0.449 e. The molecule has 2 heterocycles. The third kappa shape index (κ3) is 3.37. The number of piperidine rings is 1. The lowest BCUT2D eigenvalue weighted by Gasteiger charge is -2.38. The Kier molecular flexibility index (Phi) is 4.87. The Morgan fingerprint density at radius 3 is 2.83 bits per heavy atom. The van der Waals surface area contributed by atoms with E-state index in [1.807, 2.05) is 4.90 Å². The number of rotatable bonds is 3. The molecule has 0 bridgehead atoms.